The molecule has 1 aliphatic rings. The molecule has 0 saturated carbocycles. The van der Waals surface area contributed by atoms with Crippen LogP contribution >= 0.6 is 23.1 Å². The van der Waals surface area contributed by atoms with Gasteiger partial charge in [0, 0.05) is 11.6 Å². The van der Waals surface area contributed by atoms with Crippen LogP contribution in [0, 0.1) is 0 Å². The summed E-state index contributed by atoms with van der Waals surface area (Å²) in [7, 11) is 0. The Labute approximate surface area is 140 Å². The van der Waals surface area contributed by atoms with Gasteiger partial charge >= 0.3 is 0 Å². The van der Waals surface area contributed by atoms with Crippen LogP contribution in [-0.4, -0.2) is 45.7 Å². The number of amides is 1. The molecule has 6 nitrogen and oxygen atoms in total. The van der Waals surface area contributed by atoms with Crippen molar-refractivity contribution >= 4 is 40.1 Å². The van der Waals surface area contributed by atoms with Crippen molar-refractivity contribution in [3.05, 3.63) is 35.8 Å². The highest BCUT2D eigenvalue weighted by Crippen LogP contribution is 2.25. The summed E-state index contributed by atoms with van der Waals surface area (Å²) in [5.41, 5.74) is 1.55. The maximum atomic E-state index is 12.1. The number of rotatable bonds is 5. The van der Waals surface area contributed by atoms with Crippen LogP contribution in [0.3, 0.4) is 0 Å². The Morgan fingerprint density at radius 3 is 3.09 bits per heavy atom. The van der Waals surface area contributed by atoms with Gasteiger partial charge in [0.2, 0.25) is 5.91 Å². The Kier molecular flexibility index (Phi) is 3.92. The molecule has 0 aliphatic carbocycles. The fourth-order valence-corrected chi connectivity index (χ4v) is 3.55. The first-order chi connectivity index (χ1) is 11.3. The topological polar surface area (TPSA) is 68.5 Å². The van der Waals surface area contributed by atoms with E-state index in [-0.39, 0.29) is 12.0 Å². The zero-order chi connectivity index (χ0) is 15.6. The van der Waals surface area contributed by atoms with Gasteiger partial charge in [0.1, 0.15) is 11.6 Å². The van der Waals surface area contributed by atoms with Crippen molar-refractivity contribution in [2.45, 2.75) is 11.3 Å². The number of carbonyl (C=O) groups excluding carboxylic acids is 1. The number of benzene rings is 1. The summed E-state index contributed by atoms with van der Waals surface area (Å²) in [5.74, 6) is 0.382. The van der Waals surface area contributed by atoms with Gasteiger partial charge in [0.25, 0.3) is 10.4 Å². The predicted molar refractivity (Wildman–Crippen MR) is 87.8 cm³/mol. The highest BCUT2D eigenvalue weighted by atomic mass is 32.2. The Morgan fingerprint density at radius 2 is 2.30 bits per heavy atom. The van der Waals surface area contributed by atoms with E-state index in [9.17, 15) is 4.79 Å². The highest BCUT2D eigenvalue weighted by Gasteiger charge is 2.32. The molecule has 0 radical (unpaired) electrons. The number of aromatic nitrogens is 2. The Bertz CT molecular complexity index is 779. The van der Waals surface area contributed by atoms with E-state index in [0.29, 0.717) is 29.3 Å². The number of ether oxygens (including phenoxy) is 1. The summed E-state index contributed by atoms with van der Waals surface area (Å²) in [6.45, 7) is 1.21. The molecule has 0 spiro atoms. The Balaban J connectivity index is 1.26. The molecular weight excluding hydrogens is 334 g/mol. The molecule has 1 amide bonds. The minimum Gasteiger partial charge on any atom is -0.463 e. The first kappa shape index (κ1) is 14.5. The van der Waals surface area contributed by atoms with Gasteiger partial charge < -0.3 is 14.1 Å². The monoisotopic (exact) mass is 347 g/mol. The van der Waals surface area contributed by atoms with E-state index in [1.54, 1.807) is 11.1 Å². The third-order valence-electron chi connectivity index (χ3n) is 3.47. The molecule has 1 aliphatic heterocycles. The van der Waals surface area contributed by atoms with Gasteiger partial charge in [-0.15, -0.1) is 0 Å². The quantitative estimate of drug-likeness (QED) is 0.661. The number of thioether (sulfide) groups is 1. The number of fused-ring (bicyclic) bond motifs is 1. The number of para-hydroxylation sites is 2. The van der Waals surface area contributed by atoms with Gasteiger partial charge in [-0.3, -0.25) is 4.79 Å². The van der Waals surface area contributed by atoms with Crippen molar-refractivity contribution in [3.8, 4) is 5.19 Å². The molecule has 2 aromatic heterocycles. The lowest BCUT2D eigenvalue weighted by Crippen LogP contribution is -2.56. The Hall–Kier alpha value is -2.06. The largest absolute Gasteiger partial charge is 0.463 e. The molecule has 0 unspecified atom stereocenters. The van der Waals surface area contributed by atoms with Crippen LogP contribution in [0.25, 0.3) is 11.1 Å². The van der Waals surface area contributed by atoms with E-state index < -0.39 is 0 Å². The van der Waals surface area contributed by atoms with Gasteiger partial charge in [-0.1, -0.05) is 35.2 Å². The van der Waals surface area contributed by atoms with E-state index in [4.69, 9.17) is 9.15 Å². The number of thiazole rings is 1. The second-order valence-corrected chi connectivity index (χ2v) is 6.86. The average molecular weight is 347 g/mol. The maximum absolute atomic E-state index is 12.1. The SMILES string of the molecule is O=C(CSc1nc2ccccc2o1)N1CC(Oc2nccs2)C1. The van der Waals surface area contributed by atoms with Crippen LogP contribution in [0.4, 0.5) is 0 Å². The molecule has 3 heterocycles. The van der Waals surface area contributed by atoms with Crippen molar-refractivity contribution in [2.24, 2.45) is 0 Å². The molecule has 3 aromatic rings. The smallest absolute Gasteiger partial charge is 0.273 e. The first-order valence-corrected chi connectivity index (χ1v) is 8.97. The van der Waals surface area contributed by atoms with E-state index in [0.717, 1.165) is 11.1 Å². The lowest BCUT2D eigenvalue weighted by Gasteiger charge is -2.38. The number of likely N-dealkylation sites (tertiary alicyclic amines) is 1. The van der Waals surface area contributed by atoms with Gasteiger partial charge in [0.15, 0.2) is 5.58 Å². The van der Waals surface area contributed by atoms with Gasteiger partial charge in [-0.25, -0.2) is 9.97 Å². The number of hydrogen-bond acceptors (Lipinski definition) is 7. The molecule has 23 heavy (non-hydrogen) atoms. The summed E-state index contributed by atoms with van der Waals surface area (Å²) in [5, 5.41) is 3.05. The van der Waals surface area contributed by atoms with E-state index >= 15 is 0 Å². The van der Waals surface area contributed by atoms with E-state index in [1.807, 2.05) is 29.6 Å². The second-order valence-electron chi connectivity index (χ2n) is 5.07. The van der Waals surface area contributed by atoms with E-state index in [1.165, 1.54) is 23.1 Å². The molecule has 0 N–H and O–H groups in total. The third kappa shape index (κ3) is 3.18. The highest BCUT2D eigenvalue weighted by molar-refractivity contribution is 7.99. The second kappa shape index (κ2) is 6.21. The number of carbonyl (C=O) groups is 1. The minimum atomic E-state index is 0.0411. The molecule has 118 valence electrons. The summed E-state index contributed by atoms with van der Waals surface area (Å²) in [4.78, 5) is 22.3. The molecule has 1 saturated heterocycles. The summed E-state index contributed by atoms with van der Waals surface area (Å²) >= 11 is 2.78. The first-order valence-electron chi connectivity index (χ1n) is 7.10. The molecular formula is C15H13N3O3S2. The number of hydrogen-bond donors (Lipinski definition) is 0. The number of nitrogens with zero attached hydrogens (tertiary/aromatic N) is 3. The minimum absolute atomic E-state index is 0.0411. The fourth-order valence-electron chi connectivity index (χ4n) is 2.26. The normalized spacial score (nSPS) is 14.9. The lowest BCUT2D eigenvalue weighted by molar-refractivity contribution is -0.137. The van der Waals surface area contributed by atoms with Crippen LogP contribution in [0.1, 0.15) is 0 Å². The van der Waals surface area contributed by atoms with Crippen LogP contribution in [0.15, 0.2) is 45.5 Å². The third-order valence-corrected chi connectivity index (χ3v) is 4.95. The van der Waals surface area contributed by atoms with E-state index in [2.05, 4.69) is 9.97 Å². The number of oxazole rings is 1. The summed E-state index contributed by atoms with van der Waals surface area (Å²) < 4.78 is 11.2. The van der Waals surface area contributed by atoms with Crippen molar-refractivity contribution in [1.29, 1.82) is 0 Å². The molecule has 1 fully saturated rings. The molecule has 0 atom stereocenters. The predicted octanol–water partition coefficient (Wildman–Crippen LogP) is 2.67. The van der Waals surface area contributed by atoms with Crippen molar-refractivity contribution in [1.82, 2.24) is 14.9 Å². The molecule has 8 heteroatoms. The van der Waals surface area contributed by atoms with Crippen LogP contribution in [-0.2, 0) is 4.79 Å². The van der Waals surface area contributed by atoms with Crippen molar-refractivity contribution < 1.29 is 13.9 Å². The van der Waals surface area contributed by atoms with Gasteiger partial charge in [-0.05, 0) is 12.1 Å². The molecule has 0 bridgehead atoms. The van der Waals surface area contributed by atoms with Gasteiger partial charge in [0.05, 0.1) is 18.8 Å². The van der Waals surface area contributed by atoms with Crippen LogP contribution in [0.2, 0.25) is 0 Å². The fraction of sp³-hybridized carbons (Fsp3) is 0.267. The standard InChI is InChI=1S/C15H13N3O3S2/c19-13(18-7-10(8-18)20-14-16-5-6-22-14)9-23-15-17-11-3-1-2-4-12(11)21-15/h1-6,10H,7-9H2. The summed E-state index contributed by atoms with van der Waals surface area (Å²) in [6, 6.07) is 7.56. The lowest BCUT2D eigenvalue weighted by atomic mass is 10.2. The van der Waals surface area contributed by atoms with Gasteiger partial charge in [-0.2, -0.15) is 0 Å². The maximum Gasteiger partial charge on any atom is 0.273 e. The van der Waals surface area contributed by atoms with Crippen LogP contribution in [0.5, 0.6) is 5.19 Å². The zero-order valence-corrected chi connectivity index (χ0v) is 13.7. The zero-order valence-electron chi connectivity index (χ0n) is 12.0. The van der Waals surface area contributed by atoms with Crippen LogP contribution < -0.4 is 4.74 Å². The molecule has 1 aromatic carbocycles. The molecule has 4 rings (SSSR count). The average Bonchev–Trinajstić information content (AvgIpc) is 3.16. The van der Waals surface area contributed by atoms with Crippen molar-refractivity contribution in [2.75, 3.05) is 18.8 Å². The Morgan fingerprint density at radius 1 is 1.43 bits per heavy atom. The summed E-state index contributed by atoms with van der Waals surface area (Å²) in [6.07, 6.45) is 1.75. The van der Waals surface area contributed by atoms with Crippen molar-refractivity contribution in [3.63, 3.8) is 0 Å².